The Bertz CT molecular complexity index is 129. The van der Waals surface area contributed by atoms with Crippen molar-refractivity contribution in [2.24, 2.45) is 5.92 Å². The van der Waals surface area contributed by atoms with Gasteiger partial charge in [-0.25, -0.2) is 0 Å². The van der Waals surface area contributed by atoms with Gasteiger partial charge in [0, 0.05) is 6.42 Å². The summed E-state index contributed by atoms with van der Waals surface area (Å²) in [5.41, 5.74) is 0. The number of aliphatic hydroxyl groups is 2. The van der Waals surface area contributed by atoms with Gasteiger partial charge in [-0.05, 0) is 5.92 Å². The minimum absolute atomic E-state index is 0.232. The van der Waals surface area contributed by atoms with E-state index < -0.39 is 6.10 Å². The van der Waals surface area contributed by atoms with Crippen LogP contribution in [-0.4, -0.2) is 35.5 Å². The standard InChI is InChI=1S/C8H16O4/c1-6(2)3-8(11)12-7(4-9)5-10/h6-7,9-10H,3-5H2,1-2H3. The van der Waals surface area contributed by atoms with Crippen LogP contribution in [0.2, 0.25) is 0 Å². The largest absolute Gasteiger partial charge is 0.457 e. The molecule has 0 spiro atoms. The summed E-state index contributed by atoms with van der Waals surface area (Å²) in [6.45, 7) is 3.13. The fraction of sp³-hybridized carbons (Fsp3) is 0.875. The van der Waals surface area contributed by atoms with Crippen LogP contribution in [0.25, 0.3) is 0 Å². The first-order valence-corrected chi connectivity index (χ1v) is 4.01. The van der Waals surface area contributed by atoms with Gasteiger partial charge in [0.2, 0.25) is 0 Å². The predicted molar refractivity (Wildman–Crippen MR) is 43.5 cm³/mol. The maximum atomic E-state index is 10.9. The highest BCUT2D eigenvalue weighted by molar-refractivity contribution is 5.69. The first-order chi connectivity index (χ1) is 5.60. The van der Waals surface area contributed by atoms with E-state index in [-0.39, 0.29) is 25.1 Å². The van der Waals surface area contributed by atoms with Crippen LogP contribution in [0.4, 0.5) is 0 Å². The molecule has 0 heterocycles. The Hall–Kier alpha value is -0.610. The highest BCUT2D eigenvalue weighted by atomic mass is 16.6. The van der Waals surface area contributed by atoms with Crippen molar-refractivity contribution in [1.29, 1.82) is 0 Å². The molecule has 0 aromatic carbocycles. The van der Waals surface area contributed by atoms with Crippen molar-refractivity contribution >= 4 is 5.97 Å². The summed E-state index contributed by atoms with van der Waals surface area (Å²) in [5, 5.41) is 17.1. The molecule has 0 aliphatic carbocycles. The number of hydrogen-bond donors (Lipinski definition) is 2. The molecule has 0 unspecified atom stereocenters. The molecule has 4 heteroatoms. The lowest BCUT2D eigenvalue weighted by Crippen LogP contribution is -2.26. The SMILES string of the molecule is CC(C)CC(=O)OC(CO)CO. The van der Waals surface area contributed by atoms with Gasteiger partial charge in [0.15, 0.2) is 0 Å². The van der Waals surface area contributed by atoms with Crippen molar-refractivity contribution in [3.8, 4) is 0 Å². The van der Waals surface area contributed by atoms with Crippen LogP contribution < -0.4 is 0 Å². The van der Waals surface area contributed by atoms with Gasteiger partial charge < -0.3 is 14.9 Å². The van der Waals surface area contributed by atoms with Crippen LogP contribution in [0.15, 0.2) is 0 Å². The Morgan fingerprint density at radius 3 is 2.17 bits per heavy atom. The van der Waals surface area contributed by atoms with Crippen LogP contribution in [0.1, 0.15) is 20.3 Å². The molecular weight excluding hydrogens is 160 g/mol. The van der Waals surface area contributed by atoms with Gasteiger partial charge in [0.05, 0.1) is 13.2 Å². The Morgan fingerprint density at radius 1 is 1.33 bits per heavy atom. The van der Waals surface area contributed by atoms with Crippen LogP contribution in [0, 0.1) is 5.92 Å². The highest BCUT2D eigenvalue weighted by Crippen LogP contribution is 2.02. The van der Waals surface area contributed by atoms with Crippen molar-refractivity contribution < 1.29 is 19.7 Å². The Balaban J connectivity index is 3.66. The zero-order valence-electron chi connectivity index (χ0n) is 7.49. The number of carbonyl (C=O) groups excluding carboxylic acids is 1. The van der Waals surface area contributed by atoms with E-state index in [1.165, 1.54) is 0 Å². The number of carbonyl (C=O) groups is 1. The molecule has 0 rings (SSSR count). The van der Waals surface area contributed by atoms with Crippen molar-refractivity contribution in [3.63, 3.8) is 0 Å². The predicted octanol–water partition coefficient (Wildman–Crippen LogP) is -0.0711. The molecular formula is C8H16O4. The molecule has 0 fully saturated rings. The molecule has 4 nitrogen and oxygen atoms in total. The maximum absolute atomic E-state index is 10.9. The minimum Gasteiger partial charge on any atom is -0.457 e. The van der Waals surface area contributed by atoms with Gasteiger partial charge in [0.1, 0.15) is 6.10 Å². The van der Waals surface area contributed by atoms with Crippen molar-refractivity contribution in [3.05, 3.63) is 0 Å². The second kappa shape index (κ2) is 5.97. The molecule has 0 amide bonds. The third-order valence-corrected chi connectivity index (χ3v) is 1.28. The molecule has 0 bridgehead atoms. The quantitative estimate of drug-likeness (QED) is 0.575. The van der Waals surface area contributed by atoms with E-state index in [1.54, 1.807) is 0 Å². The molecule has 0 saturated heterocycles. The lowest BCUT2D eigenvalue weighted by atomic mass is 10.1. The third kappa shape index (κ3) is 5.09. The normalized spacial score (nSPS) is 10.8. The Labute approximate surface area is 72.2 Å². The van der Waals surface area contributed by atoms with E-state index in [2.05, 4.69) is 0 Å². The van der Waals surface area contributed by atoms with Crippen LogP contribution in [0.5, 0.6) is 0 Å². The number of hydrogen-bond acceptors (Lipinski definition) is 4. The summed E-state index contributed by atoms with van der Waals surface area (Å²) in [6, 6.07) is 0. The molecule has 0 radical (unpaired) electrons. The first-order valence-electron chi connectivity index (χ1n) is 4.01. The van der Waals surface area contributed by atoms with Crippen LogP contribution >= 0.6 is 0 Å². The van der Waals surface area contributed by atoms with E-state index in [0.29, 0.717) is 6.42 Å². The van der Waals surface area contributed by atoms with Gasteiger partial charge in [-0.3, -0.25) is 4.79 Å². The zero-order valence-corrected chi connectivity index (χ0v) is 7.49. The van der Waals surface area contributed by atoms with Crippen molar-refractivity contribution in [2.45, 2.75) is 26.4 Å². The third-order valence-electron chi connectivity index (χ3n) is 1.28. The molecule has 2 N–H and O–H groups in total. The van der Waals surface area contributed by atoms with Crippen molar-refractivity contribution in [2.75, 3.05) is 13.2 Å². The molecule has 0 aromatic rings. The van der Waals surface area contributed by atoms with E-state index in [9.17, 15) is 4.79 Å². The second-order valence-corrected chi connectivity index (χ2v) is 3.07. The van der Waals surface area contributed by atoms with Gasteiger partial charge in [0.25, 0.3) is 0 Å². The summed E-state index contributed by atoms with van der Waals surface area (Å²) in [4.78, 5) is 10.9. The number of aliphatic hydroxyl groups excluding tert-OH is 2. The summed E-state index contributed by atoms with van der Waals surface area (Å²) in [6.07, 6.45) is -0.451. The fourth-order valence-electron chi connectivity index (χ4n) is 0.700. The van der Waals surface area contributed by atoms with Gasteiger partial charge in [-0.2, -0.15) is 0 Å². The van der Waals surface area contributed by atoms with E-state index >= 15 is 0 Å². The first kappa shape index (κ1) is 11.4. The lowest BCUT2D eigenvalue weighted by Gasteiger charge is -2.13. The molecule has 0 atom stereocenters. The minimum atomic E-state index is -0.767. The van der Waals surface area contributed by atoms with Gasteiger partial charge in [-0.15, -0.1) is 0 Å². The molecule has 72 valence electrons. The summed E-state index contributed by atoms with van der Waals surface area (Å²) in [5.74, 6) is -0.145. The average Bonchev–Trinajstić information content (AvgIpc) is 1.98. The van der Waals surface area contributed by atoms with E-state index in [1.807, 2.05) is 13.8 Å². The molecule has 0 aliphatic heterocycles. The number of ether oxygens (including phenoxy) is 1. The van der Waals surface area contributed by atoms with Gasteiger partial charge >= 0.3 is 5.97 Å². The molecule has 0 aliphatic rings. The Morgan fingerprint density at radius 2 is 1.83 bits per heavy atom. The highest BCUT2D eigenvalue weighted by Gasteiger charge is 2.12. The Kier molecular flexibility index (Phi) is 5.66. The van der Waals surface area contributed by atoms with E-state index in [0.717, 1.165) is 0 Å². The summed E-state index contributed by atoms with van der Waals surface area (Å²) in [7, 11) is 0. The van der Waals surface area contributed by atoms with Gasteiger partial charge in [-0.1, -0.05) is 13.8 Å². The van der Waals surface area contributed by atoms with E-state index in [4.69, 9.17) is 14.9 Å². The van der Waals surface area contributed by atoms with Crippen LogP contribution in [-0.2, 0) is 9.53 Å². The smallest absolute Gasteiger partial charge is 0.306 e. The maximum Gasteiger partial charge on any atom is 0.306 e. The number of rotatable bonds is 5. The van der Waals surface area contributed by atoms with Crippen LogP contribution in [0.3, 0.4) is 0 Å². The zero-order chi connectivity index (χ0) is 9.56. The molecule has 0 aromatic heterocycles. The van der Waals surface area contributed by atoms with Crippen molar-refractivity contribution in [1.82, 2.24) is 0 Å². The summed E-state index contributed by atoms with van der Waals surface area (Å²) >= 11 is 0. The molecule has 12 heavy (non-hydrogen) atoms. The average molecular weight is 176 g/mol. The monoisotopic (exact) mass is 176 g/mol. The topological polar surface area (TPSA) is 66.8 Å². The number of esters is 1. The lowest BCUT2D eigenvalue weighted by molar-refractivity contribution is -0.154. The second-order valence-electron chi connectivity index (χ2n) is 3.07. The fourth-order valence-corrected chi connectivity index (χ4v) is 0.700. The summed E-state index contributed by atoms with van der Waals surface area (Å²) < 4.78 is 4.72. The molecule has 0 saturated carbocycles.